The molecule has 1 rings (SSSR count). The average molecular weight is 310 g/mol. The fraction of sp³-hybridized carbons (Fsp3) is 0.833. The Morgan fingerprint density at radius 3 is 2.45 bits per heavy atom. The number of ether oxygens (including phenoxy) is 1. The summed E-state index contributed by atoms with van der Waals surface area (Å²) >= 11 is 0. The van der Waals surface area contributed by atoms with Crippen LogP contribution < -0.4 is 5.32 Å². The maximum absolute atomic E-state index is 12.1. The largest absolute Gasteiger partial charge is 0.444 e. The summed E-state index contributed by atoms with van der Waals surface area (Å²) in [7, 11) is 1.86. The van der Waals surface area contributed by atoms with Gasteiger partial charge in [-0.3, -0.25) is 0 Å². The van der Waals surface area contributed by atoms with Crippen molar-refractivity contribution in [3.8, 4) is 0 Å². The minimum atomic E-state index is -0.426. The first-order valence-electron chi connectivity index (χ1n) is 8.55. The normalized spacial score (nSPS) is 23.7. The predicted octanol–water partition coefficient (Wildman–Crippen LogP) is 4.11. The van der Waals surface area contributed by atoms with E-state index in [9.17, 15) is 4.79 Å². The Kier molecular flexibility index (Phi) is 7.40. The fourth-order valence-corrected chi connectivity index (χ4v) is 2.97. The summed E-state index contributed by atoms with van der Waals surface area (Å²) in [6, 6.07) is 1.41. The van der Waals surface area contributed by atoms with Gasteiger partial charge in [-0.15, -0.1) is 6.58 Å². The zero-order valence-electron chi connectivity index (χ0n) is 15.0. The molecule has 4 heteroatoms. The molecule has 4 nitrogen and oxygen atoms in total. The summed E-state index contributed by atoms with van der Waals surface area (Å²) in [5, 5.41) is 3.70. The van der Waals surface area contributed by atoms with Crippen LogP contribution in [0.5, 0.6) is 0 Å². The zero-order valence-corrected chi connectivity index (χ0v) is 15.0. The molecule has 128 valence electrons. The van der Waals surface area contributed by atoms with Gasteiger partial charge >= 0.3 is 6.09 Å². The lowest BCUT2D eigenvalue weighted by Crippen LogP contribution is -2.46. The highest BCUT2D eigenvalue weighted by Crippen LogP contribution is 2.24. The average Bonchev–Trinajstić information content (AvgIpc) is 2.43. The van der Waals surface area contributed by atoms with Crippen LogP contribution in [0.2, 0.25) is 0 Å². The molecule has 1 fully saturated rings. The van der Waals surface area contributed by atoms with Crippen LogP contribution in [0.1, 0.15) is 66.2 Å². The first-order valence-corrected chi connectivity index (χ1v) is 8.55. The highest BCUT2D eigenvalue weighted by molar-refractivity contribution is 5.68. The molecule has 22 heavy (non-hydrogen) atoms. The van der Waals surface area contributed by atoms with Crippen molar-refractivity contribution in [1.29, 1.82) is 0 Å². The van der Waals surface area contributed by atoms with Gasteiger partial charge in [-0.25, -0.2) is 4.79 Å². The quantitative estimate of drug-likeness (QED) is 0.751. The van der Waals surface area contributed by atoms with E-state index in [1.807, 2.05) is 33.9 Å². The molecule has 0 aromatic heterocycles. The molecule has 1 N–H and O–H groups in total. The number of carbonyl (C=O) groups is 1. The molecule has 0 heterocycles. The molecule has 0 spiro atoms. The predicted molar refractivity (Wildman–Crippen MR) is 92.1 cm³/mol. The molecular formula is C18H34N2O2. The van der Waals surface area contributed by atoms with Crippen LogP contribution in [0.15, 0.2) is 12.7 Å². The third-order valence-electron chi connectivity index (χ3n) is 4.25. The number of allylic oxidation sites excluding steroid dienone is 1. The van der Waals surface area contributed by atoms with Gasteiger partial charge in [0.1, 0.15) is 5.60 Å². The number of amides is 1. The molecule has 1 amide bonds. The number of nitrogens with one attached hydrogen (secondary N) is 1. The smallest absolute Gasteiger partial charge is 0.410 e. The van der Waals surface area contributed by atoms with Crippen molar-refractivity contribution < 1.29 is 9.53 Å². The van der Waals surface area contributed by atoms with Gasteiger partial charge in [0.15, 0.2) is 0 Å². The molecule has 1 aliphatic rings. The Bertz CT molecular complexity index is 355. The van der Waals surface area contributed by atoms with Crippen molar-refractivity contribution in [1.82, 2.24) is 10.2 Å². The number of nitrogens with zero attached hydrogens (tertiary/aromatic N) is 1. The Morgan fingerprint density at radius 2 is 1.95 bits per heavy atom. The molecule has 0 radical (unpaired) electrons. The van der Waals surface area contributed by atoms with Crippen molar-refractivity contribution >= 4 is 6.09 Å². The Labute approximate surface area is 136 Å². The zero-order chi connectivity index (χ0) is 16.8. The summed E-state index contributed by atoms with van der Waals surface area (Å²) in [6.07, 6.45) is 8.30. The topological polar surface area (TPSA) is 41.6 Å². The van der Waals surface area contributed by atoms with E-state index >= 15 is 0 Å². The van der Waals surface area contributed by atoms with Gasteiger partial charge in [0.2, 0.25) is 0 Å². The Balaban J connectivity index is 2.35. The SMILES string of the molecule is C=CCCC(C)NC1CCC(N(C)C(=O)OC(C)(C)C)CC1. The van der Waals surface area contributed by atoms with Crippen molar-refractivity contribution in [2.24, 2.45) is 0 Å². The van der Waals surface area contributed by atoms with Crippen LogP contribution in [-0.2, 0) is 4.74 Å². The van der Waals surface area contributed by atoms with Gasteiger partial charge in [0, 0.05) is 25.2 Å². The first-order chi connectivity index (χ1) is 10.2. The van der Waals surface area contributed by atoms with Gasteiger partial charge in [0.25, 0.3) is 0 Å². The highest BCUT2D eigenvalue weighted by atomic mass is 16.6. The van der Waals surface area contributed by atoms with Gasteiger partial charge < -0.3 is 15.0 Å². The molecule has 1 aliphatic carbocycles. The molecule has 0 bridgehead atoms. The summed E-state index contributed by atoms with van der Waals surface area (Å²) in [5.74, 6) is 0. The molecule has 0 aromatic rings. The van der Waals surface area contributed by atoms with Crippen LogP contribution in [0.3, 0.4) is 0 Å². The summed E-state index contributed by atoms with van der Waals surface area (Å²) in [4.78, 5) is 13.9. The molecule has 1 saturated carbocycles. The summed E-state index contributed by atoms with van der Waals surface area (Å²) in [5.41, 5.74) is -0.426. The summed E-state index contributed by atoms with van der Waals surface area (Å²) < 4.78 is 5.45. The lowest BCUT2D eigenvalue weighted by molar-refractivity contribution is 0.0178. The van der Waals surface area contributed by atoms with Crippen LogP contribution in [-0.4, -0.2) is 41.8 Å². The second-order valence-corrected chi connectivity index (χ2v) is 7.53. The summed E-state index contributed by atoms with van der Waals surface area (Å²) in [6.45, 7) is 11.7. The van der Waals surface area contributed by atoms with E-state index in [1.165, 1.54) is 0 Å². The maximum atomic E-state index is 12.1. The number of carbonyl (C=O) groups excluding carboxylic acids is 1. The molecule has 1 atom stereocenters. The monoisotopic (exact) mass is 310 g/mol. The number of hydrogen-bond donors (Lipinski definition) is 1. The highest BCUT2D eigenvalue weighted by Gasteiger charge is 2.29. The minimum Gasteiger partial charge on any atom is -0.444 e. The van der Waals surface area contributed by atoms with Gasteiger partial charge in [0.05, 0.1) is 0 Å². The van der Waals surface area contributed by atoms with E-state index in [1.54, 1.807) is 4.90 Å². The Morgan fingerprint density at radius 1 is 1.36 bits per heavy atom. The molecule has 0 aromatic carbocycles. The second-order valence-electron chi connectivity index (χ2n) is 7.53. The molecular weight excluding hydrogens is 276 g/mol. The maximum Gasteiger partial charge on any atom is 0.410 e. The van der Waals surface area contributed by atoms with Crippen LogP contribution >= 0.6 is 0 Å². The Hall–Kier alpha value is -1.03. The number of rotatable bonds is 6. The third-order valence-corrected chi connectivity index (χ3v) is 4.25. The molecule has 0 saturated heterocycles. The lowest BCUT2D eigenvalue weighted by atomic mass is 9.90. The van der Waals surface area contributed by atoms with E-state index in [0.29, 0.717) is 18.1 Å². The van der Waals surface area contributed by atoms with Crippen molar-refractivity contribution in [3.05, 3.63) is 12.7 Å². The van der Waals surface area contributed by atoms with E-state index in [-0.39, 0.29) is 6.09 Å². The van der Waals surface area contributed by atoms with Crippen LogP contribution in [0.25, 0.3) is 0 Å². The second kappa shape index (κ2) is 8.56. The van der Waals surface area contributed by atoms with Gasteiger partial charge in [-0.2, -0.15) is 0 Å². The van der Waals surface area contributed by atoms with Gasteiger partial charge in [-0.05, 0) is 66.2 Å². The van der Waals surface area contributed by atoms with E-state index in [2.05, 4.69) is 18.8 Å². The van der Waals surface area contributed by atoms with Crippen molar-refractivity contribution in [3.63, 3.8) is 0 Å². The minimum absolute atomic E-state index is 0.205. The van der Waals surface area contributed by atoms with Crippen LogP contribution in [0, 0.1) is 0 Å². The first kappa shape index (κ1) is 19.0. The molecule has 1 unspecified atom stereocenters. The third kappa shape index (κ3) is 6.82. The van der Waals surface area contributed by atoms with Crippen LogP contribution in [0.4, 0.5) is 4.79 Å². The molecule has 0 aliphatic heterocycles. The van der Waals surface area contributed by atoms with Crippen molar-refractivity contribution in [2.45, 2.75) is 89.9 Å². The van der Waals surface area contributed by atoms with E-state index < -0.39 is 5.60 Å². The standard InChI is InChI=1S/C18H34N2O2/c1-7-8-9-14(2)19-15-10-12-16(13-11-15)20(6)17(21)22-18(3,4)5/h7,14-16,19H,1,8-13H2,2-6H3. The lowest BCUT2D eigenvalue weighted by Gasteiger charge is -2.36. The van der Waals surface area contributed by atoms with Gasteiger partial charge in [-0.1, -0.05) is 6.08 Å². The van der Waals surface area contributed by atoms with E-state index in [0.717, 1.165) is 38.5 Å². The van der Waals surface area contributed by atoms with E-state index in [4.69, 9.17) is 4.74 Å². The van der Waals surface area contributed by atoms with Crippen molar-refractivity contribution in [2.75, 3.05) is 7.05 Å². The fourth-order valence-electron chi connectivity index (χ4n) is 2.97. The number of hydrogen-bond acceptors (Lipinski definition) is 3.